The van der Waals surface area contributed by atoms with E-state index in [2.05, 4.69) is 5.32 Å². The van der Waals surface area contributed by atoms with Crippen LogP contribution in [0.4, 0.5) is 0 Å². The Morgan fingerprint density at radius 2 is 2.05 bits per heavy atom. The first-order chi connectivity index (χ1) is 9.60. The first-order valence-electron chi connectivity index (χ1n) is 6.57. The van der Waals surface area contributed by atoms with E-state index in [1.165, 1.54) is 15.9 Å². The number of aromatic nitrogens is 2. The van der Waals surface area contributed by atoms with Crippen LogP contribution in [0.2, 0.25) is 0 Å². The Kier molecular flexibility index (Phi) is 4.39. The highest BCUT2D eigenvalue weighted by atomic mass is 32.1. The molecule has 0 bridgehead atoms. The van der Waals surface area contributed by atoms with E-state index in [-0.39, 0.29) is 18.0 Å². The van der Waals surface area contributed by atoms with Crippen molar-refractivity contribution in [1.82, 2.24) is 14.5 Å². The molecule has 1 N–H and O–H groups in total. The van der Waals surface area contributed by atoms with Crippen molar-refractivity contribution in [3.8, 4) is 0 Å². The molecule has 0 fully saturated rings. The topological polar surface area (TPSA) is 73.1 Å². The third kappa shape index (κ3) is 2.53. The first-order valence-corrected chi connectivity index (χ1v) is 7.45. The van der Waals surface area contributed by atoms with Gasteiger partial charge in [-0.2, -0.15) is 0 Å². The first kappa shape index (κ1) is 14.5. The van der Waals surface area contributed by atoms with Crippen LogP contribution in [0, 0.1) is 0 Å². The maximum Gasteiger partial charge on any atom is 0.331 e. The van der Waals surface area contributed by atoms with E-state index >= 15 is 0 Å². The van der Waals surface area contributed by atoms with Gasteiger partial charge in [-0.15, -0.1) is 11.3 Å². The van der Waals surface area contributed by atoms with Crippen molar-refractivity contribution in [2.45, 2.75) is 33.4 Å². The predicted octanol–water partition coefficient (Wildman–Crippen LogP) is 0.771. The van der Waals surface area contributed by atoms with Crippen LogP contribution in [0.3, 0.4) is 0 Å². The van der Waals surface area contributed by atoms with Crippen LogP contribution in [0.1, 0.15) is 20.3 Å². The molecular weight excluding hydrogens is 278 g/mol. The van der Waals surface area contributed by atoms with E-state index in [0.29, 0.717) is 23.3 Å². The number of nitrogens with one attached hydrogen (secondary N) is 1. The van der Waals surface area contributed by atoms with Gasteiger partial charge in [0.15, 0.2) is 0 Å². The maximum absolute atomic E-state index is 12.3. The summed E-state index contributed by atoms with van der Waals surface area (Å²) in [6.45, 7) is 4.51. The van der Waals surface area contributed by atoms with Gasteiger partial charge in [0.1, 0.15) is 11.2 Å². The molecule has 20 heavy (non-hydrogen) atoms. The molecule has 2 rings (SSSR count). The smallest absolute Gasteiger partial charge is 0.331 e. The number of rotatable bonds is 5. The molecule has 7 heteroatoms. The molecule has 0 saturated heterocycles. The van der Waals surface area contributed by atoms with Crippen LogP contribution in [0.15, 0.2) is 21.0 Å². The van der Waals surface area contributed by atoms with Gasteiger partial charge in [0.25, 0.3) is 5.56 Å². The lowest BCUT2D eigenvalue weighted by molar-refractivity contribution is -0.121. The Hall–Kier alpha value is -1.89. The van der Waals surface area contributed by atoms with Crippen LogP contribution < -0.4 is 16.6 Å². The number of carbonyl (C=O) groups is 1. The molecule has 0 aliphatic heterocycles. The summed E-state index contributed by atoms with van der Waals surface area (Å²) >= 11 is 1.29. The summed E-state index contributed by atoms with van der Waals surface area (Å²) in [6, 6.07) is 1.70. The van der Waals surface area contributed by atoms with E-state index in [0.717, 1.165) is 11.0 Å². The van der Waals surface area contributed by atoms with E-state index < -0.39 is 5.69 Å². The molecule has 0 aromatic carbocycles. The molecule has 6 nitrogen and oxygen atoms in total. The standard InChI is InChI=1S/C13H17N3O3S/c1-3-6-14-10(17)8-16-9-5-7-20-11(9)12(18)15(4-2)13(16)19/h5,7H,3-4,6,8H2,1-2H3,(H,14,17). The zero-order valence-electron chi connectivity index (χ0n) is 11.5. The summed E-state index contributed by atoms with van der Waals surface area (Å²) < 4.78 is 3.03. The van der Waals surface area contributed by atoms with Crippen LogP contribution in [-0.2, 0) is 17.9 Å². The highest BCUT2D eigenvalue weighted by Gasteiger charge is 2.15. The largest absolute Gasteiger partial charge is 0.355 e. The number of carbonyl (C=O) groups excluding carboxylic acids is 1. The van der Waals surface area contributed by atoms with Crippen LogP contribution in [0.5, 0.6) is 0 Å². The fourth-order valence-electron chi connectivity index (χ4n) is 2.03. The Morgan fingerprint density at radius 1 is 1.30 bits per heavy atom. The van der Waals surface area contributed by atoms with E-state index in [9.17, 15) is 14.4 Å². The fraction of sp³-hybridized carbons (Fsp3) is 0.462. The number of nitrogens with zero attached hydrogens (tertiary/aromatic N) is 2. The van der Waals surface area contributed by atoms with Gasteiger partial charge in [0.2, 0.25) is 5.91 Å². The third-order valence-electron chi connectivity index (χ3n) is 3.03. The minimum atomic E-state index is -0.435. The van der Waals surface area contributed by atoms with Crippen LogP contribution in [-0.4, -0.2) is 21.6 Å². The summed E-state index contributed by atoms with van der Waals surface area (Å²) in [5, 5.41) is 4.49. The lowest BCUT2D eigenvalue weighted by atomic mass is 10.4. The van der Waals surface area contributed by atoms with Crippen LogP contribution >= 0.6 is 11.3 Å². The van der Waals surface area contributed by atoms with Gasteiger partial charge in [-0.25, -0.2) is 4.79 Å². The van der Waals surface area contributed by atoms with Crippen molar-refractivity contribution < 1.29 is 4.79 Å². The second-order valence-electron chi connectivity index (χ2n) is 4.40. The number of thiophene rings is 1. The third-order valence-corrected chi connectivity index (χ3v) is 3.92. The highest BCUT2D eigenvalue weighted by Crippen LogP contribution is 2.14. The molecule has 1 amide bonds. The zero-order valence-corrected chi connectivity index (χ0v) is 12.3. The highest BCUT2D eigenvalue weighted by molar-refractivity contribution is 7.17. The number of amides is 1. The van der Waals surface area contributed by atoms with Crippen molar-refractivity contribution in [2.75, 3.05) is 6.54 Å². The summed E-state index contributed by atoms with van der Waals surface area (Å²) in [4.78, 5) is 36.2. The molecule has 2 heterocycles. The monoisotopic (exact) mass is 295 g/mol. The SMILES string of the molecule is CCCNC(=O)Cn1c(=O)n(CC)c(=O)c2sccc21. The lowest BCUT2D eigenvalue weighted by Crippen LogP contribution is -2.42. The van der Waals surface area contributed by atoms with Gasteiger partial charge in [-0.3, -0.25) is 18.7 Å². The van der Waals surface area contributed by atoms with Crippen LogP contribution in [0.25, 0.3) is 10.2 Å². The van der Waals surface area contributed by atoms with E-state index in [4.69, 9.17) is 0 Å². The lowest BCUT2D eigenvalue weighted by Gasteiger charge is -2.10. The Bertz CT molecular complexity index is 741. The molecule has 0 aliphatic carbocycles. The Labute approximate surface area is 119 Å². The maximum atomic E-state index is 12.3. The van der Waals surface area contributed by atoms with Crippen molar-refractivity contribution in [1.29, 1.82) is 0 Å². The molecule has 0 atom stereocenters. The number of hydrogen-bond donors (Lipinski definition) is 1. The van der Waals surface area contributed by atoms with Gasteiger partial charge < -0.3 is 5.32 Å². The molecule has 2 aromatic rings. The molecule has 2 aromatic heterocycles. The van der Waals surface area contributed by atoms with Gasteiger partial charge in [-0.1, -0.05) is 6.92 Å². The minimum Gasteiger partial charge on any atom is -0.355 e. The number of fused-ring (bicyclic) bond motifs is 1. The van der Waals surface area contributed by atoms with Gasteiger partial charge in [0.05, 0.1) is 5.52 Å². The second-order valence-corrected chi connectivity index (χ2v) is 5.32. The molecule has 0 aliphatic rings. The van der Waals surface area contributed by atoms with Crippen molar-refractivity contribution in [2.24, 2.45) is 0 Å². The van der Waals surface area contributed by atoms with Gasteiger partial charge in [0, 0.05) is 13.1 Å². The summed E-state index contributed by atoms with van der Waals surface area (Å²) in [5.41, 5.74) is -0.191. The van der Waals surface area contributed by atoms with Crippen molar-refractivity contribution in [3.05, 3.63) is 32.3 Å². The second kappa shape index (κ2) is 6.04. The zero-order chi connectivity index (χ0) is 14.7. The molecule has 0 spiro atoms. The van der Waals surface area contributed by atoms with Crippen molar-refractivity contribution >= 4 is 27.5 Å². The fourth-order valence-corrected chi connectivity index (χ4v) is 2.87. The average molecular weight is 295 g/mol. The molecular formula is C13H17N3O3S. The van der Waals surface area contributed by atoms with E-state index in [1.807, 2.05) is 6.92 Å². The molecule has 0 radical (unpaired) electrons. The predicted molar refractivity (Wildman–Crippen MR) is 79.3 cm³/mol. The Balaban J connectivity index is 2.52. The summed E-state index contributed by atoms with van der Waals surface area (Å²) in [5.74, 6) is -0.220. The summed E-state index contributed by atoms with van der Waals surface area (Å²) in [7, 11) is 0. The minimum absolute atomic E-state index is 0.0631. The summed E-state index contributed by atoms with van der Waals surface area (Å²) in [6.07, 6.45) is 0.836. The normalized spacial score (nSPS) is 10.9. The average Bonchev–Trinajstić information content (AvgIpc) is 2.91. The quantitative estimate of drug-likeness (QED) is 0.885. The van der Waals surface area contributed by atoms with Gasteiger partial charge >= 0.3 is 5.69 Å². The van der Waals surface area contributed by atoms with Gasteiger partial charge in [-0.05, 0) is 24.8 Å². The Morgan fingerprint density at radius 3 is 2.70 bits per heavy atom. The van der Waals surface area contributed by atoms with E-state index in [1.54, 1.807) is 18.4 Å². The molecule has 0 unspecified atom stereocenters. The van der Waals surface area contributed by atoms with Crippen molar-refractivity contribution in [3.63, 3.8) is 0 Å². The molecule has 108 valence electrons. The number of hydrogen-bond acceptors (Lipinski definition) is 4. The molecule has 0 saturated carbocycles.